The summed E-state index contributed by atoms with van der Waals surface area (Å²) < 4.78 is 16.9. The highest BCUT2D eigenvalue weighted by Gasteiger charge is 2.37. The number of rotatable bonds is 6. The molecule has 32 heavy (non-hydrogen) atoms. The van der Waals surface area contributed by atoms with Crippen molar-refractivity contribution >= 4 is 17.5 Å². The SMILES string of the molecule is O=C(CCN1C(=O)COc2ccccc21)NCC1(c2ccc3c(c2)OCCO3)CCCC1. The number of ether oxygens (including phenoxy) is 3. The Labute approximate surface area is 187 Å². The molecule has 2 amide bonds. The lowest BCUT2D eigenvalue weighted by Gasteiger charge is -2.32. The summed E-state index contributed by atoms with van der Waals surface area (Å²) in [6.07, 6.45) is 4.59. The van der Waals surface area contributed by atoms with Crippen LogP contribution in [0.2, 0.25) is 0 Å². The first-order valence-corrected chi connectivity index (χ1v) is 11.3. The fraction of sp³-hybridized carbons (Fsp3) is 0.440. The standard InChI is InChI=1S/C25H28N2O5/c28-23(9-12-27-19-5-1-2-6-20(19)32-16-24(27)29)26-17-25(10-3-4-11-25)18-7-8-21-22(15-18)31-14-13-30-21/h1-2,5-8,15H,3-4,9-14,16-17H2,(H,26,28). The zero-order valence-corrected chi connectivity index (χ0v) is 18.1. The summed E-state index contributed by atoms with van der Waals surface area (Å²) in [5, 5.41) is 3.14. The number of anilines is 1. The Kier molecular flexibility index (Phi) is 5.64. The molecule has 0 aromatic heterocycles. The molecule has 0 spiro atoms. The summed E-state index contributed by atoms with van der Waals surface area (Å²) in [5.41, 5.74) is 1.82. The van der Waals surface area contributed by atoms with Gasteiger partial charge in [0.2, 0.25) is 5.91 Å². The Balaban J connectivity index is 1.23. The summed E-state index contributed by atoms with van der Waals surface area (Å²) in [5.74, 6) is 2.07. The Bertz CT molecular complexity index is 1020. The molecule has 3 aliphatic rings. The van der Waals surface area contributed by atoms with Gasteiger partial charge in [-0.05, 0) is 42.7 Å². The second-order valence-electron chi connectivity index (χ2n) is 8.67. The minimum Gasteiger partial charge on any atom is -0.486 e. The van der Waals surface area contributed by atoms with Crippen LogP contribution in [0.25, 0.3) is 0 Å². The maximum absolute atomic E-state index is 12.7. The third-order valence-electron chi connectivity index (χ3n) is 6.71. The number of amides is 2. The van der Waals surface area contributed by atoms with Crippen LogP contribution in [-0.2, 0) is 15.0 Å². The number of fused-ring (bicyclic) bond motifs is 2. The maximum Gasteiger partial charge on any atom is 0.265 e. The molecule has 168 valence electrons. The highest BCUT2D eigenvalue weighted by molar-refractivity contribution is 5.98. The first-order valence-electron chi connectivity index (χ1n) is 11.3. The molecule has 1 saturated carbocycles. The van der Waals surface area contributed by atoms with E-state index in [9.17, 15) is 9.59 Å². The van der Waals surface area contributed by atoms with Gasteiger partial charge >= 0.3 is 0 Å². The van der Waals surface area contributed by atoms with E-state index >= 15 is 0 Å². The number of hydrogen-bond donors (Lipinski definition) is 1. The van der Waals surface area contributed by atoms with E-state index in [2.05, 4.69) is 17.4 Å². The van der Waals surface area contributed by atoms with Crippen LogP contribution in [0.4, 0.5) is 5.69 Å². The van der Waals surface area contributed by atoms with Gasteiger partial charge < -0.3 is 24.4 Å². The molecular formula is C25H28N2O5. The lowest BCUT2D eigenvalue weighted by Crippen LogP contribution is -2.43. The van der Waals surface area contributed by atoms with Gasteiger partial charge in [0.15, 0.2) is 18.1 Å². The first-order chi connectivity index (χ1) is 15.6. The van der Waals surface area contributed by atoms with E-state index in [0.717, 1.165) is 42.9 Å². The van der Waals surface area contributed by atoms with Crippen molar-refractivity contribution in [2.75, 3.05) is 37.8 Å². The molecule has 2 aromatic carbocycles. The van der Waals surface area contributed by atoms with E-state index in [0.29, 0.717) is 32.1 Å². The molecule has 2 aromatic rings. The number of nitrogens with zero attached hydrogens (tertiary/aromatic N) is 1. The van der Waals surface area contributed by atoms with Crippen LogP contribution in [0.15, 0.2) is 42.5 Å². The average Bonchev–Trinajstić information content (AvgIpc) is 3.32. The molecule has 0 atom stereocenters. The monoisotopic (exact) mass is 436 g/mol. The fourth-order valence-corrected chi connectivity index (χ4v) is 4.96. The number of carbonyl (C=O) groups excluding carboxylic acids is 2. The summed E-state index contributed by atoms with van der Waals surface area (Å²) in [6, 6.07) is 13.6. The highest BCUT2D eigenvalue weighted by atomic mass is 16.6. The molecule has 0 radical (unpaired) electrons. The lowest BCUT2D eigenvalue weighted by molar-refractivity contribution is -0.122. The largest absolute Gasteiger partial charge is 0.486 e. The van der Waals surface area contributed by atoms with Crippen LogP contribution in [0.5, 0.6) is 17.2 Å². The van der Waals surface area contributed by atoms with Gasteiger partial charge in [-0.1, -0.05) is 31.0 Å². The molecule has 7 nitrogen and oxygen atoms in total. The normalized spacial score (nSPS) is 18.6. The first kappa shape index (κ1) is 20.7. The molecular weight excluding hydrogens is 408 g/mol. The molecule has 1 N–H and O–H groups in total. The Morgan fingerprint density at radius 2 is 1.75 bits per heavy atom. The van der Waals surface area contributed by atoms with Crippen LogP contribution in [0.3, 0.4) is 0 Å². The van der Waals surface area contributed by atoms with E-state index in [1.165, 1.54) is 5.56 Å². The van der Waals surface area contributed by atoms with E-state index in [1.807, 2.05) is 30.3 Å². The number of benzene rings is 2. The van der Waals surface area contributed by atoms with Crippen molar-refractivity contribution in [1.82, 2.24) is 5.32 Å². The van der Waals surface area contributed by atoms with Crippen LogP contribution in [0, 0.1) is 0 Å². The molecule has 5 rings (SSSR count). The zero-order valence-electron chi connectivity index (χ0n) is 18.1. The van der Waals surface area contributed by atoms with Gasteiger partial charge in [0.1, 0.15) is 19.0 Å². The summed E-state index contributed by atoms with van der Waals surface area (Å²) in [6.45, 7) is 2.06. The number of carbonyl (C=O) groups is 2. The molecule has 1 fully saturated rings. The summed E-state index contributed by atoms with van der Waals surface area (Å²) in [4.78, 5) is 26.7. The molecule has 2 aliphatic heterocycles. The van der Waals surface area contributed by atoms with Gasteiger partial charge in [0.05, 0.1) is 5.69 Å². The van der Waals surface area contributed by atoms with E-state index in [4.69, 9.17) is 14.2 Å². The molecule has 7 heteroatoms. The minimum absolute atomic E-state index is 0.00581. The molecule has 1 aliphatic carbocycles. The predicted octanol–water partition coefficient (Wildman–Crippen LogP) is 3.20. The van der Waals surface area contributed by atoms with Crippen LogP contribution in [-0.4, -0.2) is 44.7 Å². The van der Waals surface area contributed by atoms with Crippen molar-refractivity contribution in [1.29, 1.82) is 0 Å². The fourth-order valence-electron chi connectivity index (χ4n) is 4.96. The zero-order chi connectivity index (χ0) is 22.0. The molecule has 0 saturated heterocycles. The maximum atomic E-state index is 12.7. The van der Waals surface area contributed by atoms with Crippen molar-refractivity contribution in [3.05, 3.63) is 48.0 Å². The second-order valence-corrected chi connectivity index (χ2v) is 8.67. The number of hydrogen-bond acceptors (Lipinski definition) is 5. The molecule has 0 unspecified atom stereocenters. The number of nitrogens with one attached hydrogen (secondary N) is 1. The van der Waals surface area contributed by atoms with Gasteiger partial charge in [-0.25, -0.2) is 0 Å². The predicted molar refractivity (Wildman–Crippen MR) is 119 cm³/mol. The van der Waals surface area contributed by atoms with Crippen LogP contribution in [0.1, 0.15) is 37.7 Å². The third kappa shape index (κ3) is 3.99. The van der Waals surface area contributed by atoms with Gasteiger partial charge in [-0.2, -0.15) is 0 Å². The van der Waals surface area contributed by atoms with Crippen LogP contribution < -0.4 is 24.4 Å². The van der Waals surface area contributed by atoms with Gasteiger partial charge in [0, 0.05) is 24.9 Å². The minimum atomic E-state index is -0.125. The Morgan fingerprint density at radius 3 is 2.59 bits per heavy atom. The van der Waals surface area contributed by atoms with Crippen molar-refractivity contribution in [3.8, 4) is 17.2 Å². The van der Waals surface area contributed by atoms with Crippen molar-refractivity contribution < 1.29 is 23.8 Å². The van der Waals surface area contributed by atoms with Crippen molar-refractivity contribution in [2.24, 2.45) is 0 Å². The lowest BCUT2D eigenvalue weighted by atomic mass is 9.78. The van der Waals surface area contributed by atoms with Crippen molar-refractivity contribution in [2.45, 2.75) is 37.5 Å². The van der Waals surface area contributed by atoms with E-state index in [-0.39, 0.29) is 30.3 Å². The second kappa shape index (κ2) is 8.73. The van der Waals surface area contributed by atoms with Gasteiger partial charge in [0.25, 0.3) is 5.91 Å². The molecule has 0 bridgehead atoms. The third-order valence-corrected chi connectivity index (χ3v) is 6.71. The number of para-hydroxylation sites is 2. The summed E-state index contributed by atoms with van der Waals surface area (Å²) in [7, 11) is 0. The van der Waals surface area contributed by atoms with Crippen LogP contribution >= 0.6 is 0 Å². The van der Waals surface area contributed by atoms with Gasteiger partial charge in [-0.3, -0.25) is 9.59 Å². The van der Waals surface area contributed by atoms with Gasteiger partial charge in [-0.15, -0.1) is 0 Å². The summed E-state index contributed by atoms with van der Waals surface area (Å²) >= 11 is 0. The average molecular weight is 437 g/mol. The Morgan fingerprint density at radius 1 is 0.969 bits per heavy atom. The Hall–Kier alpha value is -3.22. The van der Waals surface area contributed by atoms with Crippen molar-refractivity contribution in [3.63, 3.8) is 0 Å². The smallest absolute Gasteiger partial charge is 0.265 e. The quantitative estimate of drug-likeness (QED) is 0.753. The highest BCUT2D eigenvalue weighted by Crippen LogP contribution is 2.44. The van der Waals surface area contributed by atoms with E-state index < -0.39 is 0 Å². The topological polar surface area (TPSA) is 77.1 Å². The molecule has 2 heterocycles. The van der Waals surface area contributed by atoms with E-state index in [1.54, 1.807) is 4.90 Å².